The Kier molecular flexibility index (Phi) is 4.81. The number of likely N-dealkylation sites (tertiary alicyclic amines) is 1. The Morgan fingerprint density at radius 2 is 2.26 bits per heavy atom. The lowest BCUT2D eigenvalue weighted by molar-refractivity contribution is -0.140. The zero-order valence-electron chi connectivity index (χ0n) is 12.0. The van der Waals surface area contributed by atoms with Crippen LogP contribution < -0.4 is 0 Å². The molecule has 2 saturated heterocycles. The van der Waals surface area contributed by atoms with Gasteiger partial charge in [-0.2, -0.15) is 0 Å². The minimum atomic E-state index is -0.106. The fourth-order valence-corrected chi connectivity index (χ4v) is 3.23. The van der Waals surface area contributed by atoms with Crippen molar-refractivity contribution in [2.45, 2.75) is 44.9 Å². The van der Waals surface area contributed by atoms with Crippen LogP contribution in [0.5, 0.6) is 0 Å². The molecule has 2 aliphatic heterocycles. The summed E-state index contributed by atoms with van der Waals surface area (Å²) in [5.74, 6) is 0.393. The van der Waals surface area contributed by atoms with Crippen LogP contribution in [0.25, 0.3) is 0 Å². The lowest BCUT2D eigenvalue weighted by atomic mass is 9.91. The van der Waals surface area contributed by atoms with Crippen LogP contribution in [0.15, 0.2) is 0 Å². The maximum Gasteiger partial charge on any atom is 0.228 e. The van der Waals surface area contributed by atoms with E-state index in [-0.39, 0.29) is 36.7 Å². The summed E-state index contributed by atoms with van der Waals surface area (Å²) in [5.41, 5.74) is 0. The summed E-state index contributed by atoms with van der Waals surface area (Å²) >= 11 is 0. The van der Waals surface area contributed by atoms with Crippen LogP contribution in [0.4, 0.5) is 0 Å². The summed E-state index contributed by atoms with van der Waals surface area (Å²) in [5, 5.41) is 9.44. The maximum absolute atomic E-state index is 12.7. The van der Waals surface area contributed by atoms with Gasteiger partial charge >= 0.3 is 0 Å². The smallest absolute Gasteiger partial charge is 0.228 e. The van der Waals surface area contributed by atoms with Gasteiger partial charge in [0.05, 0.1) is 30.8 Å². The van der Waals surface area contributed by atoms with Crippen LogP contribution in [-0.4, -0.2) is 61.0 Å². The number of hydrogen-bond acceptors (Lipinski definition) is 4. The normalized spacial score (nSPS) is 35.3. The van der Waals surface area contributed by atoms with Crippen LogP contribution in [0.1, 0.15) is 26.7 Å². The molecule has 5 heteroatoms. The van der Waals surface area contributed by atoms with E-state index in [4.69, 9.17) is 9.47 Å². The monoisotopic (exact) mass is 271 g/mol. The average molecular weight is 271 g/mol. The van der Waals surface area contributed by atoms with Crippen LogP contribution >= 0.6 is 0 Å². The van der Waals surface area contributed by atoms with Gasteiger partial charge in [0.1, 0.15) is 0 Å². The summed E-state index contributed by atoms with van der Waals surface area (Å²) in [6.07, 6.45) is 1.56. The summed E-state index contributed by atoms with van der Waals surface area (Å²) in [4.78, 5) is 14.5. The minimum absolute atomic E-state index is 0.00548. The number of nitrogens with zero attached hydrogens (tertiary/aromatic N) is 1. The van der Waals surface area contributed by atoms with Crippen molar-refractivity contribution < 1.29 is 19.4 Å². The van der Waals surface area contributed by atoms with Gasteiger partial charge in [-0.1, -0.05) is 13.8 Å². The van der Waals surface area contributed by atoms with E-state index < -0.39 is 0 Å². The second-order valence-corrected chi connectivity index (χ2v) is 5.90. The van der Waals surface area contributed by atoms with Crippen LogP contribution in [0.3, 0.4) is 0 Å². The third kappa shape index (κ3) is 2.93. The first-order valence-corrected chi connectivity index (χ1v) is 7.14. The van der Waals surface area contributed by atoms with Gasteiger partial charge in [-0.25, -0.2) is 0 Å². The number of carbonyl (C=O) groups excluding carboxylic acids is 1. The first-order valence-electron chi connectivity index (χ1n) is 7.14. The van der Waals surface area contributed by atoms with Gasteiger partial charge < -0.3 is 19.5 Å². The van der Waals surface area contributed by atoms with Crippen molar-refractivity contribution in [3.63, 3.8) is 0 Å². The molecule has 2 fully saturated rings. The van der Waals surface area contributed by atoms with Crippen molar-refractivity contribution in [3.05, 3.63) is 0 Å². The van der Waals surface area contributed by atoms with E-state index in [0.717, 1.165) is 12.8 Å². The molecule has 110 valence electrons. The molecule has 0 radical (unpaired) electrons. The fraction of sp³-hybridized carbons (Fsp3) is 0.929. The molecule has 0 spiro atoms. The second kappa shape index (κ2) is 6.20. The average Bonchev–Trinajstić information content (AvgIpc) is 3.04. The third-order valence-electron chi connectivity index (χ3n) is 4.31. The van der Waals surface area contributed by atoms with Crippen molar-refractivity contribution in [3.8, 4) is 0 Å². The summed E-state index contributed by atoms with van der Waals surface area (Å²) in [6, 6.07) is -0.106. The van der Waals surface area contributed by atoms with Gasteiger partial charge in [0, 0.05) is 20.3 Å². The number of amides is 1. The Bertz CT molecular complexity index is 321. The number of methoxy groups -OCH3 is 1. The molecule has 2 rings (SSSR count). The zero-order valence-corrected chi connectivity index (χ0v) is 12.0. The van der Waals surface area contributed by atoms with Gasteiger partial charge in [-0.05, 0) is 18.8 Å². The van der Waals surface area contributed by atoms with Crippen molar-refractivity contribution in [1.82, 2.24) is 4.90 Å². The summed E-state index contributed by atoms with van der Waals surface area (Å²) < 4.78 is 11.0. The third-order valence-corrected chi connectivity index (χ3v) is 4.31. The van der Waals surface area contributed by atoms with Crippen LogP contribution in [-0.2, 0) is 14.3 Å². The van der Waals surface area contributed by atoms with Crippen molar-refractivity contribution >= 4 is 5.91 Å². The second-order valence-electron chi connectivity index (χ2n) is 5.90. The highest BCUT2D eigenvalue weighted by molar-refractivity contribution is 5.80. The lowest BCUT2D eigenvalue weighted by Crippen LogP contribution is -2.44. The number of aliphatic hydroxyl groups excluding tert-OH is 1. The molecule has 4 atom stereocenters. The maximum atomic E-state index is 12.7. The number of aliphatic hydroxyl groups is 1. The molecule has 1 amide bonds. The van der Waals surface area contributed by atoms with Crippen LogP contribution in [0.2, 0.25) is 0 Å². The molecule has 2 aliphatic rings. The number of rotatable bonds is 4. The van der Waals surface area contributed by atoms with Gasteiger partial charge in [-0.3, -0.25) is 4.79 Å². The molecule has 1 N–H and O–H groups in total. The van der Waals surface area contributed by atoms with Gasteiger partial charge in [-0.15, -0.1) is 0 Å². The highest BCUT2D eigenvalue weighted by atomic mass is 16.5. The molecule has 0 saturated carbocycles. The molecule has 0 aromatic heterocycles. The first-order chi connectivity index (χ1) is 9.08. The number of ether oxygens (including phenoxy) is 2. The number of carbonyl (C=O) groups is 1. The molecule has 2 unspecified atom stereocenters. The van der Waals surface area contributed by atoms with E-state index >= 15 is 0 Å². The quantitative estimate of drug-likeness (QED) is 0.816. The Morgan fingerprint density at radius 1 is 1.53 bits per heavy atom. The predicted molar refractivity (Wildman–Crippen MR) is 70.7 cm³/mol. The van der Waals surface area contributed by atoms with Crippen molar-refractivity contribution in [2.24, 2.45) is 11.8 Å². The van der Waals surface area contributed by atoms with Gasteiger partial charge in [0.2, 0.25) is 5.91 Å². The Morgan fingerprint density at radius 3 is 2.84 bits per heavy atom. The topological polar surface area (TPSA) is 59.0 Å². The Labute approximate surface area is 114 Å². The Balaban J connectivity index is 2.06. The van der Waals surface area contributed by atoms with Crippen molar-refractivity contribution in [2.75, 3.05) is 26.9 Å². The Hall–Kier alpha value is -0.650. The largest absolute Gasteiger partial charge is 0.394 e. The molecule has 2 heterocycles. The van der Waals surface area contributed by atoms with E-state index in [9.17, 15) is 9.90 Å². The van der Waals surface area contributed by atoms with E-state index in [1.165, 1.54) is 0 Å². The highest BCUT2D eigenvalue weighted by Gasteiger charge is 2.43. The molecule has 0 aromatic rings. The molecular formula is C14H25NO4. The number of hydrogen-bond donors (Lipinski definition) is 1. The van der Waals surface area contributed by atoms with Gasteiger partial charge in [0.15, 0.2) is 0 Å². The molecule has 0 aliphatic carbocycles. The van der Waals surface area contributed by atoms with E-state index in [2.05, 4.69) is 13.8 Å². The summed E-state index contributed by atoms with van der Waals surface area (Å²) in [6.45, 7) is 5.42. The SMILES string of the molecule is CO[C@@H]1C[C@@H](CO)N(C(=O)C2CCOC2C(C)C)C1. The van der Waals surface area contributed by atoms with Gasteiger partial charge in [0.25, 0.3) is 0 Å². The van der Waals surface area contributed by atoms with Crippen LogP contribution in [0, 0.1) is 11.8 Å². The molecule has 0 bridgehead atoms. The van der Waals surface area contributed by atoms with E-state index in [1.807, 2.05) is 0 Å². The fourth-order valence-electron chi connectivity index (χ4n) is 3.23. The highest BCUT2D eigenvalue weighted by Crippen LogP contribution is 2.31. The zero-order chi connectivity index (χ0) is 14.0. The molecule has 19 heavy (non-hydrogen) atoms. The van der Waals surface area contributed by atoms with E-state index in [1.54, 1.807) is 12.0 Å². The lowest BCUT2D eigenvalue weighted by Gasteiger charge is -2.29. The van der Waals surface area contributed by atoms with E-state index in [0.29, 0.717) is 19.1 Å². The van der Waals surface area contributed by atoms with Crippen molar-refractivity contribution in [1.29, 1.82) is 0 Å². The minimum Gasteiger partial charge on any atom is -0.394 e. The first kappa shape index (κ1) is 14.8. The predicted octanol–water partition coefficient (Wildman–Crippen LogP) is 0.656. The molecule has 5 nitrogen and oxygen atoms in total. The molecule has 0 aromatic carbocycles. The standard InChI is InChI=1S/C14H25NO4/c1-9(2)13-12(4-5-19-13)14(17)15-7-11(18-3)6-10(15)8-16/h9-13,16H,4-8H2,1-3H3/t10-,11+,12?,13?/m0/s1. The molecular weight excluding hydrogens is 246 g/mol. The summed E-state index contributed by atoms with van der Waals surface area (Å²) in [7, 11) is 1.66.